The molecule has 0 bridgehead atoms. The average Bonchev–Trinajstić information content (AvgIpc) is 3.00. The minimum Gasteiger partial charge on any atom is -0.493 e. The van der Waals surface area contributed by atoms with Crippen LogP contribution in [-0.4, -0.2) is 31.5 Å². The summed E-state index contributed by atoms with van der Waals surface area (Å²) in [4.78, 5) is 0. The van der Waals surface area contributed by atoms with E-state index in [2.05, 4.69) is 15.5 Å². The second-order valence-corrected chi connectivity index (χ2v) is 5.27. The van der Waals surface area contributed by atoms with Gasteiger partial charge in [0.15, 0.2) is 11.5 Å². The lowest BCUT2D eigenvalue weighted by molar-refractivity contribution is -0.138. The molecule has 2 rings (SSSR count). The van der Waals surface area contributed by atoms with Crippen molar-refractivity contribution in [2.45, 2.75) is 12.7 Å². The van der Waals surface area contributed by atoms with E-state index >= 15 is 0 Å². The highest BCUT2D eigenvalue weighted by Crippen LogP contribution is 2.38. The van der Waals surface area contributed by atoms with Crippen molar-refractivity contribution >= 4 is 16.5 Å². The Hall–Kier alpha value is -2.23. The summed E-state index contributed by atoms with van der Waals surface area (Å²) >= 11 is 0.441. The lowest BCUT2D eigenvalue weighted by Crippen LogP contribution is -2.03. The Morgan fingerprint density at radius 1 is 1.04 bits per heavy atom. The number of hydrogen-bond donors (Lipinski definition) is 1. The molecule has 2 aromatic rings. The summed E-state index contributed by atoms with van der Waals surface area (Å²) in [7, 11) is 4.45. The third-order valence-corrected chi connectivity index (χ3v) is 3.76. The van der Waals surface area contributed by atoms with Crippen LogP contribution in [0.15, 0.2) is 12.1 Å². The van der Waals surface area contributed by atoms with Crippen LogP contribution in [0.3, 0.4) is 0 Å². The zero-order chi connectivity index (χ0) is 17.0. The van der Waals surface area contributed by atoms with Gasteiger partial charge in [0.1, 0.15) is 0 Å². The van der Waals surface area contributed by atoms with E-state index in [1.807, 2.05) is 0 Å². The fourth-order valence-corrected chi connectivity index (χ4v) is 2.43. The molecule has 0 fully saturated rings. The molecule has 6 nitrogen and oxygen atoms in total. The van der Waals surface area contributed by atoms with Crippen LogP contribution in [0.1, 0.15) is 10.6 Å². The fourth-order valence-electron chi connectivity index (χ4n) is 1.82. The number of methoxy groups -OCH3 is 3. The molecule has 1 N–H and O–H groups in total. The van der Waals surface area contributed by atoms with E-state index in [4.69, 9.17) is 14.2 Å². The number of aromatic nitrogens is 2. The third kappa shape index (κ3) is 3.95. The first-order valence-corrected chi connectivity index (χ1v) is 7.14. The van der Waals surface area contributed by atoms with Gasteiger partial charge in [-0.25, -0.2) is 0 Å². The second kappa shape index (κ2) is 6.90. The lowest BCUT2D eigenvalue weighted by atomic mass is 10.2. The van der Waals surface area contributed by atoms with E-state index < -0.39 is 11.2 Å². The van der Waals surface area contributed by atoms with Crippen molar-refractivity contribution in [3.63, 3.8) is 0 Å². The SMILES string of the molecule is COc1cc(CNc2nnc(C(F)(F)F)s2)cc(OC)c1OC. The second-order valence-electron chi connectivity index (χ2n) is 4.30. The number of alkyl halides is 3. The normalized spacial score (nSPS) is 11.2. The maximum atomic E-state index is 12.5. The van der Waals surface area contributed by atoms with E-state index in [1.54, 1.807) is 12.1 Å². The fraction of sp³-hybridized carbons (Fsp3) is 0.385. The third-order valence-electron chi connectivity index (χ3n) is 2.84. The Morgan fingerprint density at radius 3 is 2.09 bits per heavy atom. The summed E-state index contributed by atoms with van der Waals surface area (Å²) in [5.41, 5.74) is 0.725. The molecule has 0 spiro atoms. The van der Waals surface area contributed by atoms with Crippen LogP contribution in [0.4, 0.5) is 18.3 Å². The molecule has 0 saturated heterocycles. The number of ether oxygens (including phenoxy) is 3. The van der Waals surface area contributed by atoms with Gasteiger partial charge in [0.05, 0.1) is 21.3 Å². The van der Waals surface area contributed by atoms with Crippen LogP contribution in [0, 0.1) is 0 Å². The predicted octanol–water partition coefficient (Wildman–Crippen LogP) is 3.19. The van der Waals surface area contributed by atoms with E-state index in [-0.39, 0.29) is 11.7 Å². The molecule has 126 valence electrons. The van der Waals surface area contributed by atoms with Crippen LogP contribution in [0.5, 0.6) is 17.2 Å². The van der Waals surface area contributed by atoms with Gasteiger partial charge in [0, 0.05) is 6.54 Å². The van der Waals surface area contributed by atoms with Crippen molar-refractivity contribution in [3.05, 3.63) is 22.7 Å². The Bertz CT molecular complexity index is 651. The van der Waals surface area contributed by atoms with Gasteiger partial charge in [-0.05, 0) is 17.7 Å². The summed E-state index contributed by atoms with van der Waals surface area (Å²) in [5, 5.41) is 8.44. The van der Waals surface area contributed by atoms with Crippen molar-refractivity contribution in [2.24, 2.45) is 0 Å². The summed E-state index contributed by atoms with van der Waals surface area (Å²) in [6.45, 7) is 0.225. The van der Waals surface area contributed by atoms with Crippen LogP contribution < -0.4 is 19.5 Å². The van der Waals surface area contributed by atoms with Crippen molar-refractivity contribution < 1.29 is 27.4 Å². The highest BCUT2D eigenvalue weighted by atomic mass is 32.1. The number of benzene rings is 1. The number of nitrogens with zero attached hydrogens (tertiary/aromatic N) is 2. The van der Waals surface area contributed by atoms with Gasteiger partial charge < -0.3 is 19.5 Å². The predicted molar refractivity (Wildman–Crippen MR) is 78.3 cm³/mol. The van der Waals surface area contributed by atoms with Crippen LogP contribution in [0.25, 0.3) is 0 Å². The average molecular weight is 349 g/mol. The Morgan fingerprint density at radius 2 is 1.65 bits per heavy atom. The monoisotopic (exact) mass is 349 g/mol. The van der Waals surface area contributed by atoms with Gasteiger partial charge >= 0.3 is 6.18 Å². The Kier molecular flexibility index (Phi) is 5.14. The quantitative estimate of drug-likeness (QED) is 0.864. The summed E-state index contributed by atoms with van der Waals surface area (Å²) in [5.74, 6) is 1.35. The number of anilines is 1. The van der Waals surface area contributed by atoms with E-state index in [9.17, 15) is 13.2 Å². The molecule has 1 aromatic heterocycles. The molecule has 1 heterocycles. The van der Waals surface area contributed by atoms with E-state index in [1.165, 1.54) is 21.3 Å². The number of rotatable bonds is 6. The summed E-state index contributed by atoms with van der Waals surface area (Å²) < 4.78 is 53.1. The molecule has 0 unspecified atom stereocenters. The minimum atomic E-state index is -4.50. The van der Waals surface area contributed by atoms with Gasteiger partial charge in [-0.15, -0.1) is 10.2 Å². The lowest BCUT2D eigenvalue weighted by Gasteiger charge is -2.14. The maximum absolute atomic E-state index is 12.5. The minimum absolute atomic E-state index is 0.0751. The van der Waals surface area contributed by atoms with Crippen molar-refractivity contribution in [2.75, 3.05) is 26.6 Å². The highest BCUT2D eigenvalue weighted by molar-refractivity contribution is 7.15. The molecule has 0 aliphatic carbocycles. The van der Waals surface area contributed by atoms with Crippen LogP contribution in [0.2, 0.25) is 0 Å². The number of halogens is 3. The first kappa shape index (κ1) is 17.1. The molecule has 0 radical (unpaired) electrons. The standard InChI is InChI=1S/C13H14F3N3O3S/c1-20-8-4-7(5-9(21-2)10(8)22-3)6-17-12-19-18-11(23-12)13(14,15)16/h4-5H,6H2,1-3H3,(H,17,19). The van der Waals surface area contributed by atoms with Gasteiger partial charge in [-0.3, -0.25) is 0 Å². The van der Waals surface area contributed by atoms with Crippen molar-refractivity contribution in [3.8, 4) is 17.2 Å². The molecule has 0 saturated carbocycles. The van der Waals surface area contributed by atoms with Gasteiger partial charge in [0.25, 0.3) is 0 Å². The Balaban J connectivity index is 2.16. The molecule has 0 atom stereocenters. The van der Waals surface area contributed by atoms with Crippen LogP contribution >= 0.6 is 11.3 Å². The Labute approximate surface area is 134 Å². The molecule has 0 aliphatic heterocycles. The highest BCUT2D eigenvalue weighted by Gasteiger charge is 2.35. The molecular formula is C13H14F3N3O3S. The molecule has 23 heavy (non-hydrogen) atoms. The van der Waals surface area contributed by atoms with E-state index in [0.29, 0.717) is 28.6 Å². The van der Waals surface area contributed by atoms with Gasteiger partial charge in [-0.1, -0.05) is 11.3 Å². The number of nitrogens with one attached hydrogen (secondary N) is 1. The van der Waals surface area contributed by atoms with Crippen LogP contribution in [-0.2, 0) is 12.7 Å². The first-order chi connectivity index (χ1) is 10.9. The zero-order valence-corrected chi connectivity index (χ0v) is 13.3. The molecular weight excluding hydrogens is 335 g/mol. The molecule has 10 heteroatoms. The smallest absolute Gasteiger partial charge is 0.445 e. The topological polar surface area (TPSA) is 65.5 Å². The van der Waals surface area contributed by atoms with Crippen molar-refractivity contribution in [1.82, 2.24) is 10.2 Å². The van der Waals surface area contributed by atoms with Crippen molar-refractivity contribution in [1.29, 1.82) is 0 Å². The van der Waals surface area contributed by atoms with E-state index in [0.717, 1.165) is 5.56 Å². The molecule has 0 aliphatic rings. The summed E-state index contributed by atoms with van der Waals surface area (Å²) in [6, 6.07) is 3.39. The van der Waals surface area contributed by atoms with Gasteiger partial charge in [-0.2, -0.15) is 13.2 Å². The number of hydrogen-bond acceptors (Lipinski definition) is 7. The largest absolute Gasteiger partial charge is 0.493 e. The summed E-state index contributed by atoms with van der Waals surface area (Å²) in [6.07, 6.45) is -4.50. The first-order valence-electron chi connectivity index (χ1n) is 6.32. The molecule has 1 aromatic carbocycles. The molecule has 0 amide bonds. The zero-order valence-electron chi connectivity index (χ0n) is 12.5. The van der Waals surface area contributed by atoms with Gasteiger partial charge in [0.2, 0.25) is 15.9 Å². The maximum Gasteiger partial charge on any atom is 0.445 e.